The summed E-state index contributed by atoms with van der Waals surface area (Å²) in [5, 5.41) is 9.59. The summed E-state index contributed by atoms with van der Waals surface area (Å²) < 4.78 is 13.1. The van der Waals surface area contributed by atoms with E-state index in [9.17, 15) is 14.3 Å². The zero-order valence-electron chi connectivity index (χ0n) is 11.5. The van der Waals surface area contributed by atoms with Gasteiger partial charge >= 0.3 is 0 Å². The second-order valence-electron chi connectivity index (χ2n) is 4.63. The average molecular weight is 285 g/mol. The van der Waals surface area contributed by atoms with E-state index in [2.05, 4.69) is 6.92 Å². The van der Waals surface area contributed by atoms with E-state index in [1.54, 1.807) is 11.8 Å². The molecular weight excluding hydrogens is 265 g/mol. The van der Waals surface area contributed by atoms with Crippen LogP contribution in [0, 0.1) is 5.82 Å². The van der Waals surface area contributed by atoms with Gasteiger partial charge in [-0.25, -0.2) is 4.39 Å². The minimum atomic E-state index is -0.515. The maximum atomic E-state index is 13.1. The zero-order valence-corrected chi connectivity index (χ0v) is 12.3. The molecule has 0 saturated heterocycles. The molecule has 1 N–H and O–H groups in total. The van der Waals surface area contributed by atoms with E-state index in [1.807, 2.05) is 18.2 Å². The first-order valence-electron chi connectivity index (χ1n) is 6.16. The van der Waals surface area contributed by atoms with Gasteiger partial charge in [0.25, 0.3) is 0 Å². The van der Waals surface area contributed by atoms with Crippen LogP contribution in [0.2, 0.25) is 0 Å². The molecule has 3 nitrogen and oxygen atoms in total. The molecule has 1 aromatic rings. The standard InChI is InChI=1S/C14H20FNO2S/c1-10(6-7-19-3)16(2)9-14(18)12-8-11(15)4-5-13(12)17/h4-5,8,10,17H,6-7,9H2,1-3H3. The van der Waals surface area contributed by atoms with Crippen molar-refractivity contribution in [3.63, 3.8) is 0 Å². The highest BCUT2D eigenvalue weighted by Crippen LogP contribution is 2.19. The summed E-state index contributed by atoms with van der Waals surface area (Å²) in [5.74, 6) is 0.0802. The first kappa shape index (κ1) is 16.0. The third-order valence-corrected chi connectivity index (χ3v) is 3.79. The van der Waals surface area contributed by atoms with Gasteiger partial charge in [-0.05, 0) is 50.6 Å². The van der Waals surface area contributed by atoms with Crippen LogP contribution in [0.15, 0.2) is 18.2 Å². The third kappa shape index (κ3) is 4.84. The molecule has 0 fully saturated rings. The summed E-state index contributed by atoms with van der Waals surface area (Å²) in [7, 11) is 1.86. The van der Waals surface area contributed by atoms with Crippen LogP contribution >= 0.6 is 11.8 Å². The van der Waals surface area contributed by atoms with Gasteiger partial charge in [0.15, 0.2) is 5.78 Å². The van der Waals surface area contributed by atoms with Crippen molar-refractivity contribution < 1.29 is 14.3 Å². The molecule has 0 amide bonds. The molecule has 0 radical (unpaired) electrons. The van der Waals surface area contributed by atoms with E-state index in [1.165, 1.54) is 6.07 Å². The van der Waals surface area contributed by atoms with Crippen LogP contribution < -0.4 is 0 Å². The van der Waals surface area contributed by atoms with E-state index in [0.29, 0.717) is 0 Å². The lowest BCUT2D eigenvalue weighted by atomic mass is 10.1. The molecule has 1 atom stereocenters. The number of aromatic hydroxyl groups is 1. The lowest BCUT2D eigenvalue weighted by molar-refractivity contribution is 0.0920. The number of ketones is 1. The number of carbonyl (C=O) groups is 1. The Bertz CT molecular complexity index is 439. The van der Waals surface area contributed by atoms with E-state index >= 15 is 0 Å². The summed E-state index contributed by atoms with van der Waals surface area (Å²) in [6, 6.07) is 3.70. The SMILES string of the molecule is CSCCC(C)N(C)CC(=O)c1cc(F)ccc1O. The van der Waals surface area contributed by atoms with Gasteiger partial charge in [-0.2, -0.15) is 11.8 Å². The number of benzene rings is 1. The number of thioether (sulfide) groups is 1. The molecular formula is C14H20FNO2S. The first-order valence-corrected chi connectivity index (χ1v) is 7.56. The zero-order chi connectivity index (χ0) is 14.4. The summed E-state index contributed by atoms with van der Waals surface area (Å²) in [6.45, 7) is 2.22. The highest BCUT2D eigenvalue weighted by atomic mass is 32.2. The number of phenols is 1. The van der Waals surface area contributed by atoms with E-state index in [0.717, 1.165) is 24.3 Å². The van der Waals surface area contributed by atoms with Crippen molar-refractivity contribution in [1.82, 2.24) is 4.90 Å². The Kier molecular flexibility index (Phi) is 6.31. The quantitative estimate of drug-likeness (QED) is 0.782. The molecule has 1 rings (SSSR count). The molecule has 0 aliphatic heterocycles. The third-order valence-electron chi connectivity index (χ3n) is 3.14. The van der Waals surface area contributed by atoms with E-state index in [-0.39, 0.29) is 29.7 Å². The average Bonchev–Trinajstić information content (AvgIpc) is 2.38. The summed E-state index contributed by atoms with van der Waals surface area (Å²) >= 11 is 1.77. The first-order chi connectivity index (χ1) is 8.95. The van der Waals surface area contributed by atoms with Crippen molar-refractivity contribution in [2.24, 2.45) is 0 Å². The number of hydrogen-bond acceptors (Lipinski definition) is 4. The molecule has 0 aromatic heterocycles. The smallest absolute Gasteiger partial charge is 0.180 e. The summed E-state index contributed by atoms with van der Waals surface area (Å²) in [5.41, 5.74) is 0.0453. The van der Waals surface area contributed by atoms with Gasteiger partial charge in [0, 0.05) is 6.04 Å². The fourth-order valence-electron chi connectivity index (χ4n) is 1.71. The van der Waals surface area contributed by atoms with Gasteiger partial charge in [-0.1, -0.05) is 0 Å². The van der Waals surface area contributed by atoms with Crippen molar-refractivity contribution in [3.05, 3.63) is 29.6 Å². The van der Waals surface area contributed by atoms with Crippen LogP contribution in [-0.4, -0.2) is 47.4 Å². The van der Waals surface area contributed by atoms with Gasteiger partial charge in [0.2, 0.25) is 0 Å². The molecule has 0 aliphatic carbocycles. The minimum Gasteiger partial charge on any atom is -0.507 e. The Morgan fingerprint density at radius 1 is 1.53 bits per heavy atom. The van der Waals surface area contributed by atoms with Crippen LogP contribution in [0.25, 0.3) is 0 Å². The Hall–Kier alpha value is -1.07. The second-order valence-corrected chi connectivity index (χ2v) is 5.62. The predicted molar refractivity (Wildman–Crippen MR) is 77.5 cm³/mol. The van der Waals surface area contributed by atoms with Crippen LogP contribution in [0.3, 0.4) is 0 Å². The van der Waals surface area contributed by atoms with Crippen LogP contribution in [0.5, 0.6) is 5.75 Å². The highest BCUT2D eigenvalue weighted by molar-refractivity contribution is 7.98. The summed E-state index contributed by atoms with van der Waals surface area (Å²) in [6.07, 6.45) is 3.03. The normalized spacial score (nSPS) is 12.7. The molecule has 0 spiro atoms. The molecule has 1 aromatic carbocycles. The lowest BCUT2D eigenvalue weighted by Gasteiger charge is -2.23. The van der Waals surface area contributed by atoms with Gasteiger partial charge in [0.05, 0.1) is 12.1 Å². The molecule has 19 heavy (non-hydrogen) atoms. The topological polar surface area (TPSA) is 40.5 Å². The Morgan fingerprint density at radius 2 is 2.21 bits per heavy atom. The van der Waals surface area contributed by atoms with Crippen molar-refractivity contribution >= 4 is 17.5 Å². The fraction of sp³-hybridized carbons (Fsp3) is 0.500. The number of rotatable bonds is 7. The van der Waals surface area contributed by atoms with Gasteiger partial charge in [-0.15, -0.1) is 0 Å². The van der Waals surface area contributed by atoms with Crippen molar-refractivity contribution in [2.75, 3.05) is 25.6 Å². The van der Waals surface area contributed by atoms with Crippen LogP contribution in [-0.2, 0) is 0 Å². The largest absolute Gasteiger partial charge is 0.507 e. The molecule has 0 saturated carbocycles. The van der Waals surface area contributed by atoms with E-state index < -0.39 is 5.82 Å². The van der Waals surface area contributed by atoms with Crippen LogP contribution in [0.4, 0.5) is 4.39 Å². The van der Waals surface area contributed by atoms with Crippen molar-refractivity contribution in [1.29, 1.82) is 0 Å². The number of halogens is 1. The lowest BCUT2D eigenvalue weighted by Crippen LogP contribution is -2.34. The molecule has 5 heteroatoms. The van der Waals surface area contributed by atoms with Crippen molar-refractivity contribution in [2.45, 2.75) is 19.4 Å². The van der Waals surface area contributed by atoms with Crippen LogP contribution in [0.1, 0.15) is 23.7 Å². The molecule has 1 unspecified atom stereocenters. The summed E-state index contributed by atoms with van der Waals surface area (Å²) in [4.78, 5) is 14.0. The minimum absolute atomic E-state index is 0.0453. The number of Topliss-reactive ketones (excluding diaryl/α,β-unsaturated/α-hetero) is 1. The number of carbonyl (C=O) groups excluding carboxylic acids is 1. The Morgan fingerprint density at radius 3 is 2.84 bits per heavy atom. The maximum Gasteiger partial charge on any atom is 0.180 e. The predicted octanol–water partition coefficient (Wildman–Crippen LogP) is 2.79. The fourth-order valence-corrected chi connectivity index (χ4v) is 2.28. The molecule has 106 valence electrons. The van der Waals surface area contributed by atoms with Gasteiger partial charge in [-0.3, -0.25) is 9.69 Å². The number of hydrogen-bond donors (Lipinski definition) is 1. The van der Waals surface area contributed by atoms with Crippen molar-refractivity contribution in [3.8, 4) is 5.75 Å². The molecule has 0 aliphatic rings. The van der Waals surface area contributed by atoms with Gasteiger partial charge in [0.1, 0.15) is 11.6 Å². The maximum absolute atomic E-state index is 13.1. The second kappa shape index (κ2) is 7.50. The number of likely N-dealkylation sites (N-methyl/N-ethyl adjacent to an activating group) is 1. The van der Waals surface area contributed by atoms with E-state index in [4.69, 9.17) is 0 Å². The number of nitrogens with zero attached hydrogens (tertiary/aromatic N) is 1. The Balaban J connectivity index is 2.66. The number of phenolic OH excluding ortho intramolecular Hbond substituents is 1. The monoisotopic (exact) mass is 285 g/mol. The molecule has 0 heterocycles. The Labute approximate surface area is 117 Å². The van der Waals surface area contributed by atoms with Gasteiger partial charge < -0.3 is 5.11 Å². The highest BCUT2D eigenvalue weighted by Gasteiger charge is 2.17. The molecule has 0 bridgehead atoms.